The van der Waals surface area contributed by atoms with E-state index in [0.717, 1.165) is 35.7 Å². The van der Waals surface area contributed by atoms with Gasteiger partial charge in [0.2, 0.25) is 0 Å². The van der Waals surface area contributed by atoms with Gasteiger partial charge in [0.1, 0.15) is 24.5 Å². The molecule has 1 radical (unpaired) electrons. The van der Waals surface area contributed by atoms with E-state index in [1.807, 2.05) is 31.2 Å². The Labute approximate surface area is 116 Å². The maximum Gasteiger partial charge on any atom is 0.145 e. The number of hydrogen-bond acceptors (Lipinski definition) is 2. The van der Waals surface area contributed by atoms with Gasteiger partial charge in [-0.25, -0.2) is 8.78 Å². The number of aryl methyl sites for hydroxylation is 1. The molecule has 0 aromatic heterocycles. The van der Waals surface area contributed by atoms with Crippen LogP contribution in [0.4, 0.5) is 8.78 Å². The largest absolute Gasteiger partial charge is 0.390 e. The van der Waals surface area contributed by atoms with Crippen LogP contribution in [0.5, 0.6) is 0 Å². The van der Waals surface area contributed by atoms with Crippen LogP contribution in [0.1, 0.15) is 23.6 Å². The molecule has 0 aliphatic carbocycles. The lowest BCUT2D eigenvalue weighted by Gasteiger charge is -2.03. The van der Waals surface area contributed by atoms with Crippen molar-refractivity contribution in [3.8, 4) is 0 Å². The molecular formula is C16H14F2NO. The number of rotatable bonds is 5. The zero-order valence-corrected chi connectivity index (χ0v) is 11.1. The van der Waals surface area contributed by atoms with Gasteiger partial charge in [-0.2, -0.15) is 0 Å². The fourth-order valence-electron chi connectivity index (χ4n) is 1.77. The van der Waals surface area contributed by atoms with E-state index >= 15 is 0 Å². The summed E-state index contributed by atoms with van der Waals surface area (Å²) in [6.45, 7) is 1.90. The lowest BCUT2D eigenvalue weighted by molar-refractivity contribution is 0.129. The Balaban J connectivity index is 1.98. The summed E-state index contributed by atoms with van der Waals surface area (Å²) in [5.74, 6) is -1.02. The third-order valence-electron chi connectivity index (χ3n) is 2.86. The van der Waals surface area contributed by atoms with Gasteiger partial charge in [-0.1, -0.05) is 36.3 Å². The molecule has 20 heavy (non-hydrogen) atoms. The lowest BCUT2D eigenvalue weighted by atomic mass is 10.1. The van der Waals surface area contributed by atoms with E-state index in [1.165, 1.54) is 0 Å². The van der Waals surface area contributed by atoms with Crippen LogP contribution in [0.25, 0.3) is 0 Å². The highest BCUT2D eigenvalue weighted by molar-refractivity contribution is 5.81. The fourth-order valence-corrected chi connectivity index (χ4v) is 1.77. The number of halogens is 2. The Morgan fingerprint density at radius 3 is 2.70 bits per heavy atom. The highest BCUT2D eigenvalue weighted by Gasteiger charge is 2.04. The van der Waals surface area contributed by atoms with Crippen molar-refractivity contribution in [2.24, 2.45) is 5.16 Å². The predicted molar refractivity (Wildman–Crippen MR) is 73.5 cm³/mol. The first kappa shape index (κ1) is 14.2. The molecule has 0 fully saturated rings. The van der Waals surface area contributed by atoms with Gasteiger partial charge in [-0.15, -0.1) is 0 Å². The zero-order valence-electron chi connectivity index (χ0n) is 11.1. The quantitative estimate of drug-likeness (QED) is 0.597. The van der Waals surface area contributed by atoms with E-state index in [2.05, 4.69) is 11.4 Å². The van der Waals surface area contributed by atoms with E-state index < -0.39 is 11.6 Å². The van der Waals surface area contributed by atoms with E-state index in [0.29, 0.717) is 0 Å². The van der Waals surface area contributed by atoms with Crippen molar-refractivity contribution >= 4 is 6.21 Å². The molecule has 103 valence electrons. The average Bonchev–Trinajstić information content (AvgIpc) is 2.47. The van der Waals surface area contributed by atoms with E-state index in [9.17, 15) is 8.78 Å². The second-order valence-electron chi connectivity index (χ2n) is 4.22. The van der Waals surface area contributed by atoms with Gasteiger partial charge in [0.15, 0.2) is 0 Å². The smallest absolute Gasteiger partial charge is 0.145 e. The van der Waals surface area contributed by atoms with Gasteiger partial charge in [0.25, 0.3) is 0 Å². The summed E-state index contributed by atoms with van der Waals surface area (Å²) < 4.78 is 26.3. The Bertz CT molecular complexity index is 611. The summed E-state index contributed by atoms with van der Waals surface area (Å²) in [6, 6.07) is 10.9. The van der Waals surface area contributed by atoms with Gasteiger partial charge in [-0.05, 0) is 30.2 Å². The minimum Gasteiger partial charge on any atom is -0.390 e. The molecule has 0 bridgehead atoms. The van der Waals surface area contributed by atoms with Crippen molar-refractivity contribution in [2.45, 2.75) is 20.0 Å². The first-order valence-electron chi connectivity index (χ1n) is 6.30. The second-order valence-corrected chi connectivity index (χ2v) is 4.22. The van der Waals surface area contributed by atoms with Crippen LogP contribution in [-0.2, 0) is 17.9 Å². The molecule has 2 nitrogen and oxygen atoms in total. The van der Waals surface area contributed by atoms with Crippen LogP contribution in [0.2, 0.25) is 0 Å². The number of hydrogen-bond donors (Lipinski definition) is 0. The summed E-state index contributed by atoms with van der Waals surface area (Å²) in [7, 11) is 0. The molecule has 0 saturated heterocycles. The lowest BCUT2D eigenvalue weighted by Crippen LogP contribution is -1.95. The molecule has 4 heteroatoms. The third-order valence-corrected chi connectivity index (χ3v) is 2.86. The number of benzene rings is 2. The molecule has 2 rings (SSSR count). The number of nitrogens with zero attached hydrogens (tertiary/aromatic N) is 1. The van der Waals surface area contributed by atoms with Crippen LogP contribution < -0.4 is 0 Å². The molecule has 0 saturated carbocycles. The molecule has 2 aromatic carbocycles. The molecule has 0 spiro atoms. The SMILES string of the molecule is CCc1ccccc1/[C]=N\OCc1cc(F)ccc1F. The van der Waals surface area contributed by atoms with Gasteiger partial charge in [0, 0.05) is 11.1 Å². The van der Waals surface area contributed by atoms with Crippen LogP contribution >= 0.6 is 0 Å². The second kappa shape index (κ2) is 6.80. The molecule has 0 aliphatic rings. The van der Waals surface area contributed by atoms with Gasteiger partial charge < -0.3 is 4.84 Å². The van der Waals surface area contributed by atoms with Gasteiger partial charge in [-0.3, -0.25) is 0 Å². The first-order chi connectivity index (χ1) is 9.70. The fraction of sp³-hybridized carbons (Fsp3) is 0.188. The summed E-state index contributed by atoms with van der Waals surface area (Å²) in [5.41, 5.74) is 2.05. The summed E-state index contributed by atoms with van der Waals surface area (Å²) in [5, 5.41) is 3.68. The van der Waals surface area contributed by atoms with Gasteiger partial charge >= 0.3 is 0 Å². The summed E-state index contributed by atoms with van der Waals surface area (Å²) in [6.07, 6.45) is 3.61. The van der Waals surface area contributed by atoms with Gasteiger partial charge in [0.05, 0.1) is 0 Å². The molecule has 0 aliphatic heterocycles. The van der Waals surface area contributed by atoms with E-state index in [4.69, 9.17) is 4.84 Å². The van der Waals surface area contributed by atoms with E-state index in [-0.39, 0.29) is 12.2 Å². The van der Waals surface area contributed by atoms with Crippen molar-refractivity contribution in [2.75, 3.05) is 0 Å². The van der Waals surface area contributed by atoms with Crippen LogP contribution in [0, 0.1) is 11.6 Å². The topological polar surface area (TPSA) is 21.6 Å². The van der Waals surface area contributed by atoms with Crippen LogP contribution in [-0.4, -0.2) is 6.21 Å². The van der Waals surface area contributed by atoms with E-state index in [1.54, 1.807) is 0 Å². The molecule has 0 N–H and O–H groups in total. The Morgan fingerprint density at radius 2 is 1.90 bits per heavy atom. The van der Waals surface area contributed by atoms with Crippen molar-refractivity contribution in [1.82, 2.24) is 0 Å². The Hall–Kier alpha value is -2.23. The van der Waals surface area contributed by atoms with Crippen molar-refractivity contribution in [1.29, 1.82) is 0 Å². The van der Waals surface area contributed by atoms with Crippen LogP contribution in [0.15, 0.2) is 47.6 Å². The Morgan fingerprint density at radius 1 is 1.10 bits per heavy atom. The molecule has 2 aromatic rings. The first-order valence-corrected chi connectivity index (χ1v) is 6.30. The Kier molecular flexibility index (Phi) is 4.82. The minimum absolute atomic E-state index is 0.124. The maximum atomic E-state index is 13.3. The average molecular weight is 274 g/mol. The zero-order chi connectivity index (χ0) is 14.4. The van der Waals surface area contributed by atoms with Crippen LogP contribution in [0.3, 0.4) is 0 Å². The summed E-state index contributed by atoms with van der Waals surface area (Å²) in [4.78, 5) is 4.97. The maximum absolute atomic E-state index is 13.3. The normalized spacial score (nSPS) is 10.9. The highest BCUT2D eigenvalue weighted by Crippen LogP contribution is 2.11. The third kappa shape index (κ3) is 3.63. The predicted octanol–water partition coefficient (Wildman–Crippen LogP) is 3.95. The molecule has 0 unspecified atom stereocenters. The van der Waals surface area contributed by atoms with Crippen molar-refractivity contribution in [3.63, 3.8) is 0 Å². The summed E-state index contributed by atoms with van der Waals surface area (Å²) >= 11 is 0. The highest BCUT2D eigenvalue weighted by atomic mass is 19.1. The molecule has 0 amide bonds. The van der Waals surface area contributed by atoms with Crippen molar-refractivity contribution in [3.05, 3.63) is 70.8 Å². The minimum atomic E-state index is -0.518. The molecule has 0 heterocycles. The standard InChI is InChI=1S/C16H14F2NO/c1-2-12-5-3-4-6-13(12)10-19-20-11-14-9-15(17)7-8-16(14)18/h3-9H,2,11H2,1H3. The molecule has 0 atom stereocenters. The molecular weight excluding hydrogens is 260 g/mol. The monoisotopic (exact) mass is 274 g/mol. The van der Waals surface area contributed by atoms with Crippen molar-refractivity contribution < 1.29 is 13.6 Å².